The summed E-state index contributed by atoms with van der Waals surface area (Å²) in [5.74, 6) is 1.49. The van der Waals surface area contributed by atoms with E-state index < -0.39 is 0 Å². The van der Waals surface area contributed by atoms with Crippen LogP contribution in [-0.4, -0.2) is 37.9 Å². The van der Waals surface area contributed by atoms with Gasteiger partial charge in [-0.15, -0.1) is 0 Å². The van der Waals surface area contributed by atoms with Crippen LogP contribution in [0.4, 0.5) is 5.95 Å². The fraction of sp³-hybridized carbons (Fsp3) is 0.333. The minimum atomic E-state index is -0.316. The first-order valence-electron chi connectivity index (χ1n) is 6.91. The quantitative estimate of drug-likeness (QED) is 0.861. The molecular weight excluding hydrogens is 302 g/mol. The minimum Gasteiger partial charge on any atom is -0.493 e. The number of nitrogens with two attached hydrogens (primary N) is 1. The third-order valence-corrected chi connectivity index (χ3v) is 3.76. The van der Waals surface area contributed by atoms with Crippen LogP contribution in [0, 0.1) is 0 Å². The molecule has 3 rings (SSSR count). The first kappa shape index (κ1) is 15.0. The van der Waals surface area contributed by atoms with Crippen LogP contribution in [0.25, 0.3) is 0 Å². The molecule has 0 bridgehead atoms. The van der Waals surface area contributed by atoms with Crippen LogP contribution < -0.4 is 30.2 Å². The van der Waals surface area contributed by atoms with Gasteiger partial charge in [0.25, 0.3) is 5.56 Å². The highest BCUT2D eigenvalue weighted by Crippen LogP contribution is 2.43. The lowest BCUT2D eigenvalue weighted by Crippen LogP contribution is -2.17. The van der Waals surface area contributed by atoms with Crippen LogP contribution in [-0.2, 0) is 0 Å². The van der Waals surface area contributed by atoms with Gasteiger partial charge >= 0.3 is 0 Å². The molecule has 2 aromatic rings. The van der Waals surface area contributed by atoms with Crippen LogP contribution in [0.5, 0.6) is 23.1 Å². The van der Waals surface area contributed by atoms with E-state index in [1.54, 1.807) is 12.1 Å². The molecule has 8 nitrogen and oxygen atoms in total. The molecule has 1 atom stereocenters. The number of H-pyrrole nitrogens is 1. The Balaban J connectivity index is 2.14. The fourth-order valence-electron chi connectivity index (χ4n) is 2.71. The minimum absolute atomic E-state index is 0.0271. The maximum atomic E-state index is 12.2. The maximum Gasteiger partial charge on any atom is 0.260 e. The summed E-state index contributed by atoms with van der Waals surface area (Å²) in [6.45, 7) is 0.285. The molecule has 8 heteroatoms. The number of anilines is 1. The van der Waals surface area contributed by atoms with Crippen molar-refractivity contribution in [3.63, 3.8) is 0 Å². The Labute approximate surface area is 132 Å². The number of nitrogens with zero attached hydrogens (tertiary/aromatic N) is 1. The smallest absolute Gasteiger partial charge is 0.260 e. The Kier molecular flexibility index (Phi) is 3.73. The standard InChI is InChI=1S/C15H17N3O5/c1-20-9-4-7(5-10(21-2)12(9)22-3)8-6-23-14-11(8)13(19)17-15(16)18-14/h4-5,8H,6H2,1-3H3,(H3,16,17,18,19). The second-order valence-corrected chi connectivity index (χ2v) is 4.99. The molecule has 0 fully saturated rings. The third-order valence-electron chi connectivity index (χ3n) is 3.76. The predicted octanol–water partition coefficient (Wildman–Crippen LogP) is 0.902. The number of benzene rings is 1. The number of nitrogen functional groups attached to an aromatic ring is 1. The lowest BCUT2D eigenvalue weighted by Gasteiger charge is -2.16. The number of nitrogens with one attached hydrogen (secondary N) is 1. The van der Waals surface area contributed by atoms with Gasteiger partial charge in [0.1, 0.15) is 6.61 Å². The van der Waals surface area contributed by atoms with Gasteiger partial charge in [0.05, 0.1) is 32.8 Å². The Morgan fingerprint density at radius 1 is 1.22 bits per heavy atom. The third kappa shape index (κ3) is 2.41. The van der Waals surface area contributed by atoms with Gasteiger partial charge in [-0.2, -0.15) is 4.98 Å². The molecule has 0 spiro atoms. The zero-order valence-corrected chi connectivity index (χ0v) is 13.0. The number of fused-ring (bicyclic) bond motifs is 1. The molecule has 2 heterocycles. The first-order chi connectivity index (χ1) is 11.1. The molecule has 1 aliphatic heterocycles. The normalized spacial score (nSPS) is 15.7. The molecule has 0 radical (unpaired) electrons. The van der Waals surface area contributed by atoms with Crippen molar-refractivity contribution in [2.75, 3.05) is 33.7 Å². The molecule has 122 valence electrons. The zero-order chi connectivity index (χ0) is 16.6. The van der Waals surface area contributed by atoms with E-state index >= 15 is 0 Å². The largest absolute Gasteiger partial charge is 0.493 e. The highest BCUT2D eigenvalue weighted by molar-refractivity contribution is 5.56. The predicted molar refractivity (Wildman–Crippen MR) is 82.7 cm³/mol. The Morgan fingerprint density at radius 2 is 1.87 bits per heavy atom. The van der Waals surface area contributed by atoms with Gasteiger partial charge in [-0.25, -0.2) is 0 Å². The summed E-state index contributed by atoms with van der Waals surface area (Å²) in [6.07, 6.45) is 0. The topological polar surface area (TPSA) is 109 Å². The first-order valence-corrected chi connectivity index (χ1v) is 6.91. The average molecular weight is 319 g/mol. The molecule has 1 aromatic heterocycles. The Hall–Kier alpha value is -2.90. The van der Waals surface area contributed by atoms with E-state index in [1.807, 2.05) is 0 Å². The summed E-state index contributed by atoms with van der Waals surface area (Å²) < 4.78 is 21.5. The molecule has 0 saturated carbocycles. The van der Waals surface area contributed by atoms with Gasteiger partial charge in [-0.1, -0.05) is 0 Å². The molecule has 1 unspecified atom stereocenters. The van der Waals surface area contributed by atoms with Crippen molar-refractivity contribution in [1.29, 1.82) is 0 Å². The van der Waals surface area contributed by atoms with Crippen LogP contribution in [0.3, 0.4) is 0 Å². The second-order valence-electron chi connectivity index (χ2n) is 4.99. The highest BCUT2D eigenvalue weighted by Gasteiger charge is 2.32. The molecule has 0 saturated heterocycles. The molecule has 23 heavy (non-hydrogen) atoms. The van der Waals surface area contributed by atoms with Crippen molar-refractivity contribution in [1.82, 2.24) is 9.97 Å². The van der Waals surface area contributed by atoms with E-state index in [-0.39, 0.29) is 29.9 Å². The van der Waals surface area contributed by atoms with Crippen molar-refractivity contribution in [3.05, 3.63) is 33.6 Å². The van der Waals surface area contributed by atoms with Crippen LogP contribution in [0.15, 0.2) is 16.9 Å². The maximum absolute atomic E-state index is 12.2. The lowest BCUT2D eigenvalue weighted by molar-refractivity contribution is 0.319. The molecule has 1 aromatic carbocycles. The van der Waals surface area contributed by atoms with Crippen LogP contribution >= 0.6 is 0 Å². The van der Waals surface area contributed by atoms with E-state index in [4.69, 9.17) is 24.7 Å². The summed E-state index contributed by atoms with van der Waals surface area (Å²) in [5, 5.41) is 0. The van der Waals surface area contributed by atoms with E-state index in [0.717, 1.165) is 5.56 Å². The van der Waals surface area contributed by atoms with Gasteiger partial charge in [0.15, 0.2) is 11.5 Å². The van der Waals surface area contributed by atoms with E-state index in [1.165, 1.54) is 21.3 Å². The summed E-state index contributed by atoms with van der Waals surface area (Å²) in [5.41, 5.74) is 6.47. The number of aromatic nitrogens is 2. The number of methoxy groups -OCH3 is 3. The van der Waals surface area contributed by atoms with Gasteiger partial charge in [-0.3, -0.25) is 9.78 Å². The van der Waals surface area contributed by atoms with Gasteiger partial charge < -0.3 is 24.7 Å². The second kappa shape index (κ2) is 5.71. The van der Waals surface area contributed by atoms with Crippen molar-refractivity contribution in [3.8, 4) is 23.1 Å². The van der Waals surface area contributed by atoms with Gasteiger partial charge in [0.2, 0.25) is 17.6 Å². The summed E-state index contributed by atoms with van der Waals surface area (Å²) >= 11 is 0. The number of hydrogen-bond donors (Lipinski definition) is 2. The van der Waals surface area contributed by atoms with Crippen LogP contribution in [0.1, 0.15) is 17.0 Å². The highest BCUT2D eigenvalue weighted by atomic mass is 16.5. The van der Waals surface area contributed by atoms with Crippen molar-refractivity contribution in [2.24, 2.45) is 0 Å². The SMILES string of the molecule is COc1cc(C2COc3nc(N)[nH]c(=O)c32)cc(OC)c1OC. The average Bonchev–Trinajstić information content (AvgIpc) is 2.97. The molecule has 1 aliphatic rings. The monoisotopic (exact) mass is 319 g/mol. The van der Waals surface area contributed by atoms with Crippen molar-refractivity contribution >= 4 is 5.95 Å². The number of hydrogen-bond acceptors (Lipinski definition) is 7. The Bertz CT molecular complexity index is 777. The number of ether oxygens (including phenoxy) is 4. The summed E-state index contributed by atoms with van der Waals surface area (Å²) in [7, 11) is 4.61. The van der Waals surface area contributed by atoms with Crippen molar-refractivity contribution in [2.45, 2.75) is 5.92 Å². The number of aromatic amines is 1. The van der Waals surface area contributed by atoms with E-state index in [9.17, 15) is 4.79 Å². The Morgan fingerprint density at radius 3 is 2.43 bits per heavy atom. The van der Waals surface area contributed by atoms with Gasteiger partial charge in [-0.05, 0) is 17.7 Å². The molecule has 0 aliphatic carbocycles. The zero-order valence-electron chi connectivity index (χ0n) is 13.0. The fourth-order valence-corrected chi connectivity index (χ4v) is 2.71. The van der Waals surface area contributed by atoms with E-state index in [0.29, 0.717) is 22.8 Å². The summed E-state index contributed by atoms with van der Waals surface area (Å²) in [4.78, 5) is 18.7. The van der Waals surface area contributed by atoms with Crippen LogP contribution in [0.2, 0.25) is 0 Å². The number of rotatable bonds is 4. The molecular formula is C15H17N3O5. The van der Waals surface area contributed by atoms with Crippen molar-refractivity contribution < 1.29 is 18.9 Å². The van der Waals surface area contributed by atoms with E-state index in [2.05, 4.69) is 9.97 Å². The van der Waals surface area contributed by atoms with Gasteiger partial charge in [0, 0.05) is 0 Å². The molecule has 3 N–H and O–H groups in total. The lowest BCUT2D eigenvalue weighted by atomic mass is 9.94. The summed E-state index contributed by atoms with van der Waals surface area (Å²) in [6, 6.07) is 3.58. The molecule has 0 amide bonds.